The van der Waals surface area contributed by atoms with Crippen LogP contribution in [-0.2, 0) is 7.05 Å². The van der Waals surface area contributed by atoms with E-state index in [1.165, 1.54) is 0 Å². The Hall–Kier alpha value is -2.92. The molecule has 0 bridgehead atoms. The lowest BCUT2D eigenvalue weighted by atomic mass is 10.00. The topological polar surface area (TPSA) is 40.8 Å². The van der Waals surface area contributed by atoms with E-state index in [4.69, 9.17) is 18.9 Å². The highest BCUT2D eigenvalue weighted by Crippen LogP contribution is 2.39. The van der Waals surface area contributed by atoms with Crippen molar-refractivity contribution < 1.29 is 35.9 Å². The number of fused-ring (bicyclic) bond motifs is 5. The van der Waals surface area contributed by atoms with Crippen molar-refractivity contribution in [3.8, 4) is 23.0 Å². The second-order valence-corrected chi connectivity index (χ2v) is 6.42. The molecule has 6 heteroatoms. The van der Waals surface area contributed by atoms with Crippen molar-refractivity contribution >= 4 is 32.4 Å². The van der Waals surface area contributed by atoms with Crippen LogP contribution in [0, 0.1) is 0 Å². The molecule has 0 atom stereocenters. The van der Waals surface area contributed by atoms with Crippen molar-refractivity contribution in [1.29, 1.82) is 0 Å². The summed E-state index contributed by atoms with van der Waals surface area (Å²) in [5.74, 6) is 2.98. The first-order chi connectivity index (χ1) is 13.1. The van der Waals surface area contributed by atoms with Crippen molar-refractivity contribution in [3.05, 3.63) is 42.6 Å². The first-order valence-electron chi connectivity index (χ1n) is 8.64. The SMILES string of the molecule is COc1cc(OC)c2c[n+](C)c3c4cc(OC)c(OC)cc4ccc3c2c1.[Cl-]. The van der Waals surface area contributed by atoms with Crippen LogP contribution in [0.4, 0.5) is 0 Å². The summed E-state index contributed by atoms with van der Waals surface area (Å²) in [5.41, 5.74) is 1.11. The van der Waals surface area contributed by atoms with E-state index in [0.29, 0.717) is 5.75 Å². The van der Waals surface area contributed by atoms with Gasteiger partial charge in [-0.05, 0) is 29.7 Å². The van der Waals surface area contributed by atoms with Gasteiger partial charge < -0.3 is 31.4 Å². The largest absolute Gasteiger partial charge is 1.00 e. The Bertz CT molecular complexity index is 1190. The summed E-state index contributed by atoms with van der Waals surface area (Å²) in [6, 6.07) is 12.2. The smallest absolute Gasteiger partial charge is 0.220 e. The Morgan fingerprint density at radius 1 is 0.643 bits per heavy atom. The third-order valence-electron chi connectivity index (χ3n) is 5.03. The first kappa shape index (κ1) is 19.8. The van der Waals surface area contributed by atoms with Crippen molar-refractivity contribution in [2.24, 2.45) is 7.05 Å². The van der Waals surface area contributed by atoms with Crippen molar-refractivity contribution in [2.75, 3.05) is 28.4 Å². The average molecular weight is 400 g/mol. The third-order valence-corrected chi connectivity index (χ3v) is 5.03. The number of pyridine rings is 1. The number of aromatic nitrogens is 1. The molecular formula is C22H22ClNO4. The van der Waals surface area contributed by atoms with Gasteiger partial charge in [0.15, 0.2) is 17.7 Å². The predicted octanol–water partition coefficient (Wildman–Crippen LogP) is 1.01. The molecule has 0 saturated heterocycles. The minimum atomic E-state index is 0. The Labute approximate surface area is 169 Å². The predicted molar refractivity (Wildman–Crippen MR) is 106 cm³/mol. The molecule has 146 valence electrons. The number of hydrogen-bond donors (Lipinski definition) is 0. The molecule has 4 aromatic rings. The average Bonchev–Trinajstić information content (AvgIpc) is 2.71. The van der Waals surface area contributed by atoms with Gasteiger partial charge in [0.1, 0.15) is 18.5 Å². The van der Waals surface area contributed by atoms with Crippen LogP contribution in [0.5, 0.6) is 23.0 Å². The number of halogens is 1. The van der Waals surface area contributed by atoms with Crippen LogP contribution in [0.15, 0.2) is 42.6 Å². The molecule has 4 rings (SSSR count). The Kier molecular flexibility index (Phi) is 5.38. The maximum atomic E-state index is 5.60. The lowest BCUT2D eigenvalue weighted by Crippen LogP contribution is -3.00. The van der Waals surface area contributed by atoms with E-state index in [-0.39, 0.29) is 12.4 Å². The highest BCUT2D eigenvalue weighted by atomic mass is 35.5. The molecule has 0 saturated carbocycles. The quantitative estimate of drug-likeness (QED) is 0.379. The summed E-state index contributed by atoms with van der Waals surface area (Å²) in [4.78, 5) is 0. The van der Waals surface area contributed by atoms with Crippen LogP contribution in [0.3, 0.4) is 0 Å². The zero-order valence-electron chi connectivity index (χ0n) is 16.5. The minimum Gasteiger partial charge on any atom is -1.00 e. The van der Waals surface area contributed by atoms with Gasteiger partial charge in [-0.1, -0.05) is 6.07 Å². The summed E-state index contributed by atoms with van der Waals surface area (Å²) >= 11 is 0. The van der Waals surface area contributed by atoms with E-state index in [1.54, 1.807) is 28.4 Å². The summed E-state index contributed by atoms with van der Waals surface area (Å²) < 4.78 is 24.2. The summed E-state index contributed by atoms with van der Waals surface area (Å²) in [6.45, 7) is 0. The van der Waals surface area contributed by atoms with Gasteiger partial charge >= 0.3 is 0 Å². The molecule has 0 aliphatic heterocycles. The number of rotatable bonds is 4. The maximum Gasteiger partial charge on any atom is 0.220 e. The molecule has 0 amide bonds. The van der Waals surface area contributed by atoms with Gasteiger partial charge in [0.05, 0.1) is 44.6 Å². The molecule has 0 spiro atoms. The zero-order valence-corrected chi connectivity index (χ0v) is 17.3. The molecule has 0 unspecified atom stereocenters. The van der Waals surface area contributed by atoms with Gasteiger partial charge in [-0.25, -0.2) is 0 Å². The molecule has 1 aromatic heterocycles. The Balaban J connectivity index is 0.00000225. The Morgan fingerprint density at radius 2 is 1.32 bits per heavy atom. The fraction of sp³-hybridized carbons (Fsp3) is 0.227. The molecule has 5 nitrogen and oxygen atoms in total. The first-order valence-corrected chi connectivity index (χ1v) is 8.64. The Morgan fingerprint density at radius 3 is 1.96 bits per heavy atom. The summed E-state index contributed by atoms with van der Waals surface area (Å²) in [5, 5.41) is 5.41. The van der Waals surface area contributed by atoms with E-state index >= 15 is 0 Å². The van der Waals surface area contributed by atoms with E-state index < -0.39 is 0 Å². The van der Waals surface area contributed by atoms with Crippen molar-refractivity contribution in [1.82, 2.24) is 0 Å². The van der Waals surface area contributed by atoms with Crippen LogP contribution in [0.2, 0.25) is 0 Å². The van der Waals surface area contributed by atoms with Gasteiger partial charge in [-0.15, -0.1) is 0 Å². The molecule has 0 aliphatic rings. The van der Waals surface area contributed by atoms with E-state index in [1.807, 2.05) is 31.3 Å². The zero-order chi connectivity index (χ0) is 19.1. The molecule has 0 fully saturated rings. The molecule has 0 radical (unpaired) electrons. The van der Waals surface area contributed by atoms with Gasteiger partial charge in [0, 0.05) is 11.5 Å². The highest BCUT2D eigenvalue weighted by molar-refractivity contribution is 6.15. The number of hydrogen-bond acceptors (Lipinski definition) is 4. The van der Waals surface area contributed by atoms with Gasteiger partial charge in [-0.2, -0.15) is 4.57 Å². The standard InChI is InChI=1S/C22H22NO4.ClH/c1-23-12-18-17(9-14(24-2)10-19(18)25-3)15-7-6-13-8-20(26-4)21(27-5)11-16(13)22(15)23;/h6-12H,1-5H3;1H/q+1;/p-1. The number of nitrogens with zero attached hydrogens (tertiary/aromatic N) is 1. The molecular weight excluding hydrogens is 378 g/mol. The molecule has 28 heavy (non-hydrogen) atoms. The second-order valence-electron chi connectivity index (χ2n) is 6.42. The number of aryl methyl sites for hydroxylation is 1. The lowest BCUT2D eigenvalue weighted by Gasteiger charge is -2.12. The van der Waals surface area contributed by atoms with Gasteiger partial charge in [0.2, 0.25) is 5.52 Å². The summed E-state index contributed by atoms with van der Waals surface area (Å²) in [7, 11) is 8.69. The van der Waals surface area contributed by atoms with E-state index in [0.717, 1.165) is 49.7 Å². The summed E-state index contributed by atoms with van der Waals surface area (Å²) in [6.07, 6.45) is 2.09. The van der Waals surface area contributed by atoms with Crippen molar-refractivity contribution in [3.63, 3.8) is 0 Å². The molecule has 3 aromatic carbocycles. The van der Waals surface area contributed by atoms with Crippen LogP contribution >= 0.6 is 0 Å². The highest BCUT2D eigenvalue weighted by Gasteiger charge is 2.19. The lowest BCUT2D eigenvalue weighted by molar-refractivity contribution is -0.642. The van der Waals surface area contributed by atoms with Crippen LogP contribution in [-0.4, -0.2) is 28.4 Å². The fourth-order valence-electron chi connectivity index (χ4n) is 3.73. The number of ether oxygens (including phenoxy) is 4. The van der Waals surface area contributed by atoms with E-state index in [2.05, 4.69) is 22.9 Å². The van der Waals surface area contributed by atoms with Gasteiger partial charge in [-0.3, -0.25) is 0 Å². The number of methoxy groups -OCH3 is 4. The molecule has 0 N–H and O–H groups in total. The minimum absolute atomic E-state index is 0. The third kappa shape index (κ3) is 2.92. The second kappa shape index (κ2) is 7.60. The van der Waals surface area contributed by atoms with Gasteiger partial charge in [0.25, 0.3) is 0 Å². The number of benzene rings is 3. The van der Waals surface area contributed by atoms with Crippen LogP contribution in [0.25, 0.3) is 32.4 Å². The van der Waals surface area contributed by atoms with Crippen molar-refractivity contribution in [2.45, 2.75) is 0 Å². The normalized spacial score (nSPS) is 10.8. The fourth-order valence-corrected chi connectivity index (χ4v) is 3.73. The van der Waals surface area contributed by atoms with E-state index in [9.17, 15) is 0 Å². The van der Waals surface area contributed by atoms with Crippen LogP contribution < -0.4 is 35.9 Å². The molecule has 0 aliphatic carbocycles. The maximum absolute atomic E-state index is 5.60. The monoisotopic (exact) mass is 399 g/mol. The van der Waals surface area contributed by atoms with Crippen LogP contribution in [0.1, 0.15) is 0 Å². The molecule has 1 heterocycles.